The van der Waals surface area contributed by atoms with Gasteiger partial charge in [-0.25, -0.2) is 17.2 Å². The molecule has 0 bridgehead atoms. The fraction of sp³-hybridized carbons (Fsp3) is 0.595. The molecule has 278 valence electrons. The van der Waals surface area contributed by atoms with Crippen molar-refractivity contribution in [2.24, 2.45) is 11.7 Å². The summed E-state index contributed by atoms with van der Waals surface area (Å²) in [4.78, 5) is 43.0. The molecule has 1 aliphatic heterocycles. The van der Waals surface area contributed by atoms with Gasteiger partial charge in [0.15, 0.2) is 9.84 Å². The Morgan fingerprint density at radius 3 is 2.14 bits per heavy atom. The number of aliphatic hydroxyl groups excluding tert-OH is 1. The SMILES string of the molecule is CCCC(CCC)S(=O)(=O)C[C@@H](NC(=O)C1CCN(C(C)=O)CC1)C(=O)N(Cc1cccc(CC)c1)C[C@@H](O)[C@@H](N)Cc1cc(F)cc(F)c1. The van der Waals surface area contributed by atoms with Gasteiger partial charge in [0.2, 0.25) is 17.7 Å². The van der Waals surface area contributed by atoms with Gasteiger partial charge in [0, 0.05) is 51.1 Å². The van der Waals surface area contributed by atoms with Gasteiger partial charge < -0.3 is 26.0 Å². The molecule has 0 radical (unpaired) electrons. The highest BCUT2D eigenvalue weighted by molar-refractivity contribution is 7.92. The van der Waals surface area contributed by atoms with Crippen LogP contribution in [0.15, 0.2) is 42.5 Å². The van der Waals surface area contributed by atoms with Gasteiger partial charge in [-0.2, -0.15) is 0 Å². The van der Waals surface area contributed by atoms with Gasteiger partial charge in [0.1, 0.15) is 17.7 Å². The molecule has 3 atom stereocenters. The first-order chi connectivity index (χ1) is 23.7. The molecule has 13 heteroatoms. The van der Waals surface area contributed by atoms with Crippen LogP contribution in [0, 0.1) is 17.6 Å². The standard InChI is InChI=1S/C37H54F2N4O6S/c1-5-9-32(10-6-2)50(48,49)24-34(41-36(46)29-13-15-42(16-14-29)25(4)44)37(47)43(22-27-12-8-11-26(7-3)17-27)23-35(45)33(40)20-28-18-30(38)21-31(39)19-28/h8,11-12,17-19,21,29,32-35,45H,5-7,9-10,13-16,20,22-24,40H2,1-4H3,(H,41,46)/t33-,34+,35+/m0/s1. The summed E-state index contributed by atoms with van der Waals surface area (Å²) in [7, 11) is -3.87. The predicted octanol–water partition coefficient (Wildman–Crippen LogP) is 3.91. The number of sulfone groups is 1. The smallest absolute Gasteiger partial charge is 0.246 e. The van der Waals surface area contributed by atoms with Crippen LogP contribution in [-0.4, -0.2) is 89.9 Å². The number of nitrogens with two attached hydrogens (primary N) is 1. The number of amides is 3. The number of carbonyl (C=O) groups excluding carboxylic acids is 3. The van der Waals surface area contributed by atoms with Gasteiger partial charge in [-0.15, -0.1) is 0 Å². The fourth-order valence-electron chi connectivity index (χ4n) is 6.56. The number of hydrogen-bond donors (Lipinski definition) is 3. The molecule has 0 unspecified atom stereocenters. The second-order valence-corrected chi connectivity index (χ2v) is 15.8. The summed E-state index contributed by atoms with van der Waals surface area (Å²) in [5.41, 5.74) is 8.27. The molecule has 0 saturated carbocycles. The molecule has 10 nitrogen and oxygen atoms in total. The van der Waals surface area contributed by atoms with Gasteiger partial charge in [-0.3, -0.25) is 14.4 Å². The predicted molar refractivity (Wildman–Crippen MR) is 190 cm³/mol. The summed E-state index contributed by atoms with van der Waals surface area (Å²) in [6.45, 7) is 7.64. The number of nitrogens with zero attached hydrogens (tertiary/aromatic N) is 2. The lowest BCUT2D eigenvalue weighted by Crippen LogP contribution is -2.56. The monoisotopic (exact) mass is 720 g/mol. The van der Waals surface area contributed by atoms with Crippen LogP contribution in [0.25, 0.3) is 0 Å². The summed E-state index contributed by atoms with van der Waals surface area (Å²) in [6, 6.07) is 7.99. The molecule has 3 amide bonds. The van der Waals surface area contributed by atoms with E-state index in [2.05, 4.69) is 5.32 Å². The Bertz CT molecular complexity index is 1520. The molecular formula is C37H54F2N4O6S. The van der Waals surface area contributed by atoms with E-state index in [1.54, 1.807) is 4.90 Å². The average Bonchev–Trinajstić information content (AvgIpc) is 3.06. The van der Waals surface area contributed by atoms with Crippen LogP contribution >= 0.6 is 0 Å². The third-order valence-electron chi connectivity index (χ3n) is 9.43. The Kier molecular flexibility index (Phi) is 15.8. The van der Waals surface area contributed by atoms with Gasteiger partial charge >= 0.3 is 0 Å². The topological polar surface area (TPSA) is 150 Å². The van der Waals surface area contributed by atoms with E-state index in [-0.39, 0.29) is 31.0 Å². The molecule has 3 rings (SSSR count). The third-order valence-corrected chi connectivity index (χ3v) is 11.7. The number of piperidine rings is 1. The second-order valence-electron chi connectivity index (χ2n) is 13.5. The first-order valence-corrected chi connectivity index (χ1v) is 19.4. The van der Waals surface area contributed by atoms with Crippen molar-refractivity contribution in [1.29, 1.82) is 0 Å². The Morgan fingerprint density at radius 1 is 0.980 bits per heavy atom. The van der Waals surface area contributed by atoms with E-state index in [4.69, 9.17) is 5.73 Å². The summed E-state index contributed by atoms with van der Waals surface area (Å²) in [6.07, 6.45) is 2.10. The van der Waals surface area contributed by atoms with Crippen molar-refractivity contribution in [3.05, 3.63) is 70.8 Å². The maximum absolute atomic E-state index is 14.5. The van der Waals surface area contributed by atoms with Crippen molar-refractivity contribution in [2.45, 2.75) is 109 Å². The van der Waals surface area contributed by atoms with Crippen LogP contribution in [0.4, 0.5) is 8.78 Å². The molecule has 2 aromatic carbocycles. The molecule has 0 aliphatic carbocycles. The minimum atomic E-state index is -3.87. The molecule has 50 heavy (non-hydrogen) atoms. The van der Waals surface area contributed by atoms with E-state index < -0.39 is 68.4 Å². The number of carbonyl (C=O) groups is 3. The zero-order valence-electron chi connectivity index (χ0n) is 29.7. The normalized spacial score (nSPS) is 15.8. The highest BCUT2D eigenvalue weighted by atomic mass is 32.2. The number of halogens is 2. The summed E-state index contributed by atoms with van der Waals surface area (Å²) in [5, 5.41) is 13.3. The summed E-state index contributed by atoms with van der Waals surface area (Å²) < 4.78 is 55.5. The first kappa shape index (κ1) is 41.0. The molecule has 1 heterocycles. The maximum Gasteiger partial charge on any atom is 0.246 e. The summed E-state index contributed by atoms with van der Waals surface area (Å²) in [5.74, 6) is -3.97. The van der Waals surface area contributed by atoms with Crippen molar-refractivity contribution in [1.82, 2.24) is 15.1 Å². The fourth-order valence-corrected chi connectivity index (χ4v) is 8.71. The minimum Gasteiger partial charge on any atom is -0.390 e. The van der Waals surface area contributed by atoms with Crippen LogP contribution in [-0.2, 0) is 43.6 Å². The Morgan fingerprint density at radius 2 is 1.58 bits per heavy atom. The van der Waals surface area contributed by atoms with Gasteiger partial charge in [-0.05, 0) is 67.3 Å². The van der Waals surface area contributed by atoms with Gasteiger partial charge in [-0.1, -0.05) is 57.9 Å². The zero-order valence-corrected chi connectivity index (χ0v) is 30.6. The van der Waals surface area contributed by atoms with Crippen molar-refractivity contribution < 1.29 is 36.7 Å². The number of aryl methyl sites for hydroxylation is 1. The van der Waals surface area contributed by atoms with Crippen molar-refractivity contribution >= 4 is 27.6 Å². The van der Waals surface area contributed by atoms with E-state index >= 15 is 0 Å². The first-order valence-electron chi connectivity index (χ1n) is 17.7. The lowest BCUT2D eigenvalue weighted by atomic mass is 9.95. The maximum atomic E-state index is 14.5. The van der Waals surface area contributed by atoms with Crippen LogP contribution in [0.5, 0.6) is 0 Å². The quantitative estimate of drug-likeness (QED) is 0.211. The van der Waals surface area contributed by atoms with Crippen LogP contribution in [0.1, 0.15) is 82.9 Å². The van der Waals surface area contributed by atoms with E-state index in [0.29, 0.717) is 51.6 Å². The number of hydrogen-bond acceptors (Lipinski definition) is 7. The lowest BCUT2D eigenvalue weighted by molar-refractivity contribution is -0.139. The number of likely N-dealkylation sites (tertiary alicyclic amines) is 1. The van der Waals surface area contributed by atoms with Crippen LogP contribution in [0.2, 0.25) is 0 Å². The van der Waals surface area contributed by atoms with Crippen LogP contribution in [0.3, 0.4) is 0 Å². The number of benzene rings is 2. The Labute approximate surface area is 295 Å². The van der Waals surface area contributed by atoms with Crippen LogP contribution < -0.4 is 11.1 Å². The molecule has 0 aromatic heterocycles. The highest BCUT2D eigenvalue weighted by Crippen LogP contribution is 2.22. The molecule has 1 fully saturated rings. The largest absolute Gasteiger partial charge is 0.390 e. The molecule has 4 N–H and O–H groups in total. The van der Waals surface area contributed by atoms with E-state index in [1.807, 2.05) is 45.0 Å². The van der Waals surface area contributed by atoms with E-state index in [0.717, 1.165) is 35.7 Å². The lowest BCUT2D eigenvalue weighted by Gasteiger charge is -2.34. The van der Waals surface area contributed by atoms with E-state index in [9.17, 15) is 36.7 Å². The molecule has 2 aromatic rings. The molecule has 1 aliphatic rings. The molecule has 0 spiro atoms. The van der Waals surface area contributed by atoms with E-state index in [1.165, 1.54) is 11.8 Å². The second kappa shape index (κ2) is 19.3. The average molecular weight is 721 g/mol. The number of rotatable bonds is 18. The Hall–Kier alpha value is -3.42. The van der Waals surface area contributed by atoms with Crippen molar-refractivity contribution in [3.8, 4) is 0 Å². The summed E-state index contributed by atoms with van der Waals surface area (Å²) >= 11 is 0. The Balaban J connectivity index is 1.96. The van der Waals surface area contributed by atoms with Crippen molar-refractivity contribution in [2.75, 3.05) is 25.4 Å². The number of nitrogens with one attached hydrogen (secondary N) is 1. The highest BCUT2D eigenvalue weighted by Gasteiger charge is 2.37. The van der Waals surface area contributed by atoms with Gasteiger partial charge in [0.25, 0.3) is 0 Å². The molecular weight excluding hydrogens is 666 g/mol. The zero-order chi connectivity index (χ0) is 37.0. The molecule has 1 saturated heterocycles. The minimum absolute atomic E-state index is 0.0121. The van der Waals surface area contributed by atoms with Crippen molar-refractivity contribution in [3.63, 3.8) is 0 Å². The van der Waals surface area contributed by atoms with Gasteiger partial charge in [0.05, 0.1) is 17.1 Å². The third kappa shape index (κ3) is 12.1. The number of aliphatic hydroxyl groups is 1.